The summed E-state index contributed by atoms with van der Waals surface area (Å²) < 4.78 is 1.12. The van der Waals surface area contributed by atoms with Gasteiger partial charge in [-0.25, -0.2) is 0 Å². The van der Waals surface area contributed by atoms with Crippen LogP contribution in [0, 0.1) is 0 Å². The zero-order valence-electron chi connectivity index (χ0n) is 9.60. The Kier molecular flexibility index (Phi) is 4.18. The summed E-state index contributed by atoms with van der Waals surface area (Å²) in [5.74, 6) is -0.720. The number of nitrogens with zero attached hydrogens (tertiary/aromatic N) is 1. The van der Waals surface area contributed by atoms with Crippen LogP contribution < -0.4 is 0 Å². The zero-order chi connectivity index (χ0) is 12.3. The van der Waals surface area contributed by atoms with Crippen LogP contribution in [0.3, 0.4) is 0 Å². The number of carbonyl (C=O) groups is 1. The lowest BCUT2D eigenvalue weighted by atomic mass is 10.0. The quantitative estimate of drug-likeness (QED) is 0.928. The summed E-state index contributed by atoms with van der Waals surface area (Å²) in [5.41, 5.74) is 1.27. The Bertz CT molecular complexity index is 408. The number of halogens is 1. The minimum Gasteiger partial charge on any atom is -0.481 e. The monoisotopic (exact) mass is 297 g/mol. The molecular formula is C13H16BrNO2. The van der Waals surface area contributed by atoms with Gasteiger partial charge in [0.1, 0.15) is 0 Å². The van der Waals surface area contributed by atoms with Gasteiger partial charge in [-0.2, -0.15) is 0 Å². The summed E-state index contributed by atoms with van der Waals surface area (Å²) in [6.07, 6.45) is 2.48. The van der Waals surface area contributed by atoms with Crippen molar-refractivity contribution in [3.05, 3.63) is 34.3 Å². The molecule has 1 unspecified atom stereocenters. The average molecular weight is 298 g/mol. The SMILES string of the molecule is O=C(O)CCN1CCCC1c1ccccc1Br. The number of aliphatic carboxylic acids is 1. The Hall–Kier alpha value is -0.870. The second kappa shape index (κ2) is 5.65. The van der Waals surface area contributed by atoms with E-state index in [-0.39, 0.29) is 6.42 Å². The third-order valence-corrected chi connectivity index (χ3v) is 3.96. The Morgan fingerprint density at radius 3 is 2.94 bits per heavy atom. The normalized spacial score (nSPS) is 20.6. The van der Waals surface area contributed by atoms with Gasteiger partial charge >= 0.3 is 5.97 Å². The molecule has 1 atom stereocenters. The van der Waals surface area contributed by atoms with Crippen molar-refractivity contribution >= 4 is 21.9 Å². The summed E-state index contributed by atoms with van der Waals surface area (Å²) in [4.78, 5) is 12.9. The smallest absolute Gasteiger partial charge is 0.304 e. The number of hydrogen-bond acceptors (Lipinski definition) is 2. The van der Waals surface area contributed by atoms with Gasteiger partial charge < -0.3 is 5.11 Å². The summed E-state index contributed by atoms with van der Waals surface area (Å²) in [6.45, 7) is 1.64. The molecule has 1 aliphatic heterocycles. The molecule has 1 aliphatic rings. The highest BCUT2D eigenvalue weighted by Gasteiger charge is 2.27. The van der Waals surface area contributed by atoms with Crippen molar-refractivity contribution in [1.82, 2.24) is 4.90 Å². The average Bonchev–Trinajstić information content (AvgIpc) is 2.75. The Morgan fingerprint density at radius 2 is 2.24 bits per heavy atom. The lowest BCUT2D eigenvalue weighted by molar-refractivity contribution is -0.137. The molecule has 0 spiro atoms. The van der Waals surface area contributed by atoms with Gasteiger partial charge in [-0.1, -0.05) is 34.1 Å². The standard InChI is InChI=1S/C13H16BrNO2/c14-11-5-2-1-4-10(11)12-6-3-8-15(12)9-7-13(16)17/h1-2,4-5,12H,3,6-9H2,(H,16,17). The topological polar surface area (TPSA) is 40.5 Å². The molecule has 0 saturated carbocycles. The van der Waals surface area contributed by atoms with Gasteiger partial charge in [-0.3, -0.25) is 9.69 Å². The molecule has 17 heavy (non-hydrogen) atoms. The summed E-state index contributed by atoms with van der Waals surface area (Å²) in [7, 11) is 0. The van der Waals surface area contributed by atoms with Gasteiger partial charge in [-0.05, 0) is 31.0 Å². The first kappa shape index (κ1) is 12.6. The molecule has 1 aromatic rings. The predicted molar refractivity (Wildman–Crippen MR) is 69.9 cm³/mol. The molecule has 0 aromatic heterocycles. The van der Waals surface area contributed by atoms with Gasteiger partial charge in [0.2, 0.25) is 0 Å². The molecule has 1 aromatic carbocycles. The Morgan fingerprint density at radius 1 is 1.47 bits per heavy atom. The van der Waals surface area contributed by atoms with E-state index in [1.807, 2.05) is 18.2 Å². The van der Waals surface area contributed by atoms with Crippen molar-refractivity contribution in [2.75, 3.05) is 13.1 Å². The van der Waals surface area contributed by atoms with Gasteiger partial charge in [0.05, 0.1) is 6.42 Å². The molecule has 4 heteroatoms. The van der Waals surface area contributed by atoms with E-state index in [1.54, 1.807) is 0 Å². The fourth-order valence-electron chi connectivity index (χ4n) is 2.43. The van der Waals surface area contributed by atoms with Crippen LogP contribution in [0.4, 0.5) is 0 Å². The highest BCUT2D eigenvalue weighted by Crippen LogP contribution is 2.35. The third-order valence-electron chi connectivity index (χ3n) is 3.24. The second-order valence-corrected chi connectivity index (χ2v) is 5.21. The van der Waals surface area contributed by atoms with Crippen molar-refractivity contribution in [2.45, 2.75) is 25.3 Å². The predicted octanol–water partition coefficient (Wildman–Crippen LogP) is 3.06. The summed E-state index contributed by atoms with van der Waals surface area (Å²) in [6, 6.07) is 8.57. The van der Waals surface area contributed by atoms with Crippen LogP contribution in [-0.2, 0) is 4.79 Å². The molecular weight excluding hydrogens is 282 g/mol. The van der Waals surface area contributed by atoms with E-state index in [4.69, 9.17) is 5.11 Å². The largest absolute Gasteiger partial charge is 0.481 e. The number of carboxylic acids is 1. The van der Waals surface area contributed by atoms with E-state index < -0.39 is 5.97 Å². The molecule has 92 valence electrons. The van der Waals surface area contributed by atoms with Crippen LogP contribution in [0.1, 0.15) is 30.9 Å². The van der Waals surface area contributed by atoms with E-state index in [0.29, 0.717) is 12.6 Å². The van der Waals surface area contributed by atoms with Crippen molar-refractivity contribution < 1.29 is 9.90 Å². The first-order valence-corrected chi connectivity index (χ1v) is 6.68. The summed E-state index contributed by atoms with van der Waals surface area (Å²) >= 11 is 3.57. The fourth-order valence-corrected chi connectivity index (χ4v) is 2.98. The van der Waals surface area contributed by atoms with E-state index in [2.05, 4.69) is 26.9 Å². The molecule has 0 radical (unpaired) electrons. The highest BCUT2D eigenvalue weighted by atomic mass is 79.9. The van der Waals surface area contributed by atoms with E-state index in [0.717, 1.165) is 23.9 Å². The lowest BCUT2D eigenvalue weighted by Gasteiger charge is -2.24. The number of rotatable bonds is 4. The van der Waals surface area contributed by atoms with Crippen LogP contribution in [0.5, 0.6) is 0 Å². The van der Waals surface area contributed by atoms with Crippen LogP contribution in [-0.4, -0.2) is 29.1 Å². The van der Waals surface area contributed by atoms with E-state index >= 15 is 0 Å². The molecule has 1 heterocycles. The molecule has 1 saturated heterocycles. The Labute approximate surface area is 110 Å². The number of hydrogen-bond donors (Lipinski definition) is 1. The number of carboxylic acid groups (broad SMARTS) is 1. The van der Waals surface area contributed by atoms with Gasteiger partial charge in [0, 0.05) is 17.1 Å². The molecule has 0 amide bonds. The maximum absolute atomic E-state index is 10.6. The molecule has 0 aliphatic carbocycles. The first-order chi connectivity index (χ1) is 8.18. The minimum atomic E-state index is -0.720. The first-order valence-electron chi connectivity index (χ1n) is 5.89. The zero-order valence-corrected chi connectivity index (χ0v) is 11.2. The number of benzene rings is 1. The second-order valence-electron chi connectivity index (χ2n) is 4.36. The summed E-state index contributed by atoms with van der Waals surface area (Å²) in [5, 5.41) is 8.75. The maximum atomic E-state index is 10.6. The van der Waals surface area contributed by atoms with Crippen LogP contribution in [0.15, 0.2) is 28.7 Å². The molecule has 1 fully saturated rings. The molecule has 0 bridgehead atoms. The van der Waals surface area contributed by atoms with Gasteiger partial charge in [-0.15, -0.1) is 0 Å². The minimum absolute atomic E-state index is 0.223. The van der Waals surface area contributed by atoms with Gasteiger partial charge in [0.25, 0.3) is 0 Å². The highest BCUT2D eigenvalue weighted by molar-refractivity contribution is 9.10. The fraction of sp³-hybridized carbons (Fsp3) is 0.462. The van der Waals surface area contributed by atoms with E-state index in [1.165, 1.54) is 5.56 Å². The van der Waals surface area contributed by atoms with Crippen molar-refractivity contribution in [3.63, 3.8) is 0 Å². The molecule has 1 N–H and O–H groups in total. The van der Waals surface area contributed by atoms with Crippen molar-refractivity contribution in [2.24, 2.45) is 0 Å². The molecule has 3 nitrogen and oxygen atoms in total. The number of likely N-dealkylation sites (tertiary alicyclic amines) is 1. The van der Waals surface area contributed by atoms with Crippen LogP contribution in [0.2, 0.25) is 0 Å². The maximum Gasteiger partial charge on any atom is 0.304 e. The van der Waals surface area contributed by atoms with Crippen LogP contribution >= 0.6 is 15.9 Å². The lowest BCUT2D eigenvalue weighted by Crippen LogP contribution is -2.26. The van der Waals surface area contributed by atoms with Crippen molar-refractivity contribution in [1.29, 1.82) is 0 Å². The van der Waals surface area contributed by atoms with Crippen LogP contribution in [0.25, 0.3) is 0 Å². The van der Waals surface area contributed by atoms with Crippen molar-refractivity contribution in [3.8, 4) is 0 Å². The van der Waals surface area contributed by atoms with E-state index in [9.17, 15) is 4.79 Å². The Balaban J connectivity index is 2.09. The molecule has 2 rings (SSSR count). The van der Waals surface area contributed by atoms with Gasteiger partial charge in [0.15, 0.2) is 0 Å². The third kappa shape index (κ3) is 3.07.